The quantitative estimate of drug-likeness (QED) is 0.250. The van der Waals surface area contributed by atoms with Crippen molar-refractivity contribution in [2.45, 2.75) is 17.0 Å². The van der Waals surface area contributed by atoms with Crippen LogP contribution in [0.2, 0.25) is 0 Å². The number of thiophene rings is 1. The van der Waals surface area contributed by atoms with Crippen LogP contribution in [-0.2, 0) is 11.0 Å². The van der Waals surface area contributed by atoms with Crippen molar-refractivity contribution in [2.75, 3.05) is 10.0 Å². The third-order valence-corrected chi connectivity index (χ3v) is 9.39. The van der Waals surface area contributed by atoms with Crippen LogP contribution in [-0.4, -0.2) is 35.1 Å². The molecule has 7 aromatic heterocycles. The molecule has 3 atom stereocenters. The van der Waals surface area contributed by atoms with Crippen molar-refractivity contribution in [1.29, 1.82) is 0 Å². The predicted octanol–water partition coefficient (Wildman–Crippen LogP) is 5.54. The van der Waals surface area contributed by atoms with E-state index in [2.05, 4.69) is 37.6 Å². The maximum atomic E-state index is 6.15. The lowest BCUT2D eigenvalue weighted by molar-refractivity contribution is 0.295. The van der Waals surface area contributed by atoms with Gasteiger partial charge in [-0.3, -0.25) is 5.01 Å². The second-order valence-corrected chi connectivity index (χ2v) is 11.2. The summed E-state index contributed by atoms with van der Waals surface area (Å²) in [6.45, 7) is 0. The lowest BCUT2D eigenvalue weighted by atomic mass is 9.61. The topological polar surface area (TPSA) is 129 Å². The van der Waals surface area contributed by atoms with Crippen molar-refractivity contribution < 1.29 is 8.94 Å². The summed E-state index contributed by atoms with van der Waals surface area (Å²) in [6.07, 6.45) is 13.9. The number of H-pyrrole nitrogens is 2. The van der Waals surface area contributed by atoms with Crippen molar-refractivity contribution >= 4 is 34.5 Å². The number of aromatic amines is 2. The van der Waals surface area contributed by atoms with Crippen molar-refractivity contribution in [1.82, 2.24) is 35.1 Å². The summed E-state index contributed by atoms with van der Waals surface area (Å²) in [7, 11) is 0. The summed E-state index contributed by atoms with van der Waals surface area (Å²) in [6, 6.07) is 15.7. The van der Waals surface area contributed by atoms with Crippen molar-refractivity contribution in [3.63, 3.8) is 0 Å². The minimum Gasteiger partial charge on any atom is -0.431 e. The third kappa shape index (κ3) is 3.15. The highest BCUT2D eigenvalue weighted by molar-refractivity contribution is 7.10. The minimum absolute atomic E-state index is 0.341. The molecule has 41 heavy (non-hydrogen) atoms. The van der Waals surface area contributed by atoms with Crippen LogP contribution < -0.4 is 10.0 Å². The Morgan fingerprint density at radius 1 is 0.805 bits per heavy atom. The van der Waals surface area contributed by atoms with Gasteiger partial charge in [-0.2, -0.15) is 0 Å². The first-order chi connectivity index (χ1) is 20.4. The molecule has 1 aliphatic heterocycles. The van der Waals surface area contributed by atoms with Gasteiger partial charge in [0.25, 0.3) is 0 Å². The Morgan fingerprint density at radius 2 is 1.80 bits per heavy atom. The fraction of sp³-hybridized carbons (Fsp3) is 0.107. The van der Waals surface area contributed by atoms with Crippen molar-refractivity contribution in [3.8, 4) is 0 Å². The number of aromatic nitrogens is 7. The highest BCUT2D eigenvalue weighted by atomic mass is 32.1. The number of nitrogens with zero attached hydrogens (tertiary/aromatic N) is 7. The summed E-state index contributed by atoms with van der Waals surface area (Å²) in [5.41, 5.74) is -0.661. The number of oxazole rings is 1. The molecule has 8 rings (SSSR count). The van der Waals surface area contributed by atoms with Gasteiger partial charge < -0.3 is 18.9 Å². The Bertz CT molecular complexity index is 1620. The molecule has 3 unspecified atom stereocenters. The van der Waals surface area contributed by atoms with E-state index in [9.17, 15) is 0 Å². The fourth-order valence-corrected chi connectivity index (χ4v) is 8.11. The van der Waals surface area contributed by atoms with Crippen molar-refractivity contribution in [3.05, 3.63) is 136 Å². The van der Waals surface area contributed by atoms with Crippen LogP contribution in [0, 0.1) is 0 Å². The van der Waals surface area contributed by atoms with Gasteiger partial charge in [0.2, 0.25) is 0 Å². The molecule has 1 fully saturated rings. The molecule has 1 saturated heterocycles. The van der Waals surface area contributed by atoms with Crippen LogP contribution in [0.25, 0.3) is 0 Å². The molecule has 11 nitrogen and oxygen atoms in total. The number of imidazole rings is 1. The smallest absolute Gasteiger partial charge is 0.318 e. The van der Waals surface area contributed by atoms with Gasteiger partial charge in [-0.05, 0) is 35.7 Å². The number of anilines is 2. The maximum Gasteiger partial charge on any atom is 0.318 e. The Kier molecular flexibility index (Phi) is 5.40. The number of hydrazine groups is 1. The molecule has 1 aliphatic rings. The first-order valence-electron chi connectivity index (χ1n) is 12.7. The zero-order chi connectivity index (χ0) is 27.3. The van der Waals surface area contributed by atoms with E-state index in [1.54, 1.807) is 53.8 Å². The Balaban J connectivity index is 1.64. The van der Waals surface area contributed by atoms with E-state index in [-0.39, 0.29) is 0 Å². The molecular weight excluding hydrogens is 559 g/mol. The summed E-state index contributed by atoms with van der Waals surface area (Å²) in [5, 5.41) is 13.6. The molecular formula is C28H21N9O2S2. The summed E-state index contributed by atoms with van der Waals surface area (Å²) >= 11 is 3.16. The van der Waals surface area contributed by atoms with Gasteiger partial charge in [0.1, 0.15) is 46.3 Å². The van der Waals surface area contributed by atoms with Gasteiger partial charge in [0, 0.05) is 53.0 Å². The van der Waals surface area contributed by atoms with E-state index < -0.39 is 17.0 Å². The van der Waals surface area contributed by atoms with Crippen LogP contribution in [0.15, 0.2) is 118 Å². The van der Waals surface area contributed by atoms with Crippen LogP contribution >= 0.6 is 22.7 Å². The molecule has 0 radical (unpaired) electrons. The average Bonchev–Trinajstić information content (AvgIpc) is 3.86. The number of hydrogen-bond donors (Lipinski definition) is 2. The molecule has 0 aliphatic carbocycles. The SMILES string of the molecule is c1ccc(N2C(c3ncc[nH]3)C(c3ccc[nH]3)(c3nccs3)C(c3ccon3)(c3cccs3)N2c2ncco2)nc1. The average molecular weight is 580 g/mol. The highest BCUT2D eigenvalue weighted by Gasteiger charge is 2.76. The van der Waals surface area contributed by atoms with Gasteiger partial charge >= 0.3 is 6.01 Å². The molecule has 0 amide bonds. The van der Waals surface area contributed by atoms with Crippen LogP contribution in [0.5, 0.6) is 0 Å². The van der Waals surface area contributed by atoms with Gasteiger partial charge in [0.05, 0.1) is 6.20 Å². The second-order valence-electron chi connectivity index (χ2n) is 9.34. The number of hydrogen-bond acceptors (Lipinski definition) is 11. The van der Waals surface area contributed by atoms with E-state index in [1.807, 2.05) is 65.4 Å². The molecule has 202 valence electrons. The molecule has 0 bridgehead atoms. The maximum absolute atomic E-state index is 6.15. The number of nitrogens with one attached hydrogen (secondary N) is 2. The van der Waals surface area contributed by atoms with Gasteiger partial charge in [-0.1, -0.05) is 17.3 Å². The normalized spacial score (nSPS) is 22.5. The Hall–Kier alpha value is -5.01. The number of pyridine rings is 1. The lowest BCUT2D eigenvalue weighted by Gasteiger charge is -2.45. The molecule has 2 N–H and O–H groups in total. The minimum atomic E-state index is -1.16. The summed E-state index contributed by atoms with van der Waals surface area (Å²) in [5.74, 6) is 1.35. The monoisotopic (exact) mass is 579 g/mol. The van der Waals surface area contributed by atoms with Gasteiger partial charge in [-0.25, -0.2) is 24.9 Å². The van der Waals surface area contributed by atoms with E-state index >= 15 is 0 Å². The first-order valence-corrected chi connectivity index (χ1v) is 14.5. The largest absolute Gasteiger partial charge is 0.431 e. The highest BCUT2D eigenvalue weighted by Crippen LogP contribution is 2.68. The van der Waals surface area contributed by atoms with Gasteiger partial charge in [0.15, 0.2) is 5.54 Å². The van der Waals surface area contributed by atoms with Crippen LogP contribution in [0.4, 0.5) is 11.8 Å². The lowest BCUT2D eigenvalue weighted by Crippen LogP contribution is -2.57. The zero-order valence-electron chi connectivity index (χ0n) is 21.2. The predicted molar refractivity (Wildman–Crippen MR) is 152 cm³/mol. The van der Waals surface area contributed by atoms with Crippen molar-refractivity contribution in [2.24, 2.45) is 0 Å². The number of rotatable bonds is 7. The molecule has 7 aromatic rings. The molecule has 0 aromatic carbocycles. The van der Waals surface area contributed by atoms with Crippen LogP contribution in [0.3, 0.4) is 0 Å². The second kappa shape index (κ2) is 9.28. The van der Waals surface area contributed by atoms with E-state index in [1.165, 1.54) is 0 Å². The van der Waals surface area contributed by atoms with Crippen LogP contribution in [0.1, 0.15) is 33.1 Å². The number of thiazole rings is 1. The molecule has 8 heterocycles. The molecule has 0 spiro atoms. The Morgan fingerprint density at radius 3 is 2.46 bits per heavy atom. The third-order valence-electron chi connectivity index (χ3n) is 7.50. The fourth-order valence-electron chi connectivity index (χ4n) is 6.20. The van der Waals surface area contributed by atoms with E-state index in [0.717, 1.165) is 15.6 Å². The summed E-state index contributed by atoms with van der Waals surface area (Å²) in [4.78, 5) is 27.4. The molecule has 13 heteroatoms. The first kappa shape index (κ1) is 23.8. The summed E-state index contributed by atoms with van der Waals surface area (Å²) < 4.78 is 11.8. The Labute approximate surface area is 241 Å². The van der Waals surface area contributed by atoms with E-state index in [4.69, 9.17) is 28.9 Å². The standard InChI is InChI=1S/C28H21N9O2S2/c1-2-9-30-22(7-1)36-23(24-31-11-12-32-24)27(19-5-3-10-29-19,25-33-14-18-41-25)28(20-8-15-39-35-20,21-6-4-17-40-21)37(36)26-34-13-16-38-26/h1-18,23,29H,(H,31,32). The van der Waals surface area contributed by atoms with E-state index in [0.29, 0.717) is 23.4 Å². The zero-order valence-corrected chi connectivity index (χ0v) is 22.9. The van der Waals surface area contributed by atoms with Gasteiger partial charge in [-0.15, -0.1) is 22.7 Å². The molecule has 0 saturated carbocycles.